The smallest absolute Gasteiger partial charge is 0.330 e. The molecule has 1 heterocycles. The number of azo groups is 2. The summed E-state index contributed by atoms with van der Waals surface area (Å²) in [6.07, 6.45) is 6.48. The van der Waals surface area contributed by atoms with Crippen LogP contribution in [0.4, 0.5) is 34.1 Å². The van der Waals surface area contributed by atoms with Crippen LogP contribution in [-0.2, 0) is 29.1 Å². The molecule has 0 spiro atoms. The van der Waals surface area contributed by atoms with Gasteiger partial charge in [0.1, 0.15) is 18.9 Å². The van der Waals surface area contributed by atoms with E-state index in [1.807, 2.05) is 48.5 Å². The summed E-state index contributed by atoms with van der Waals surface area (Å²) in [6, 6.07) is 27.6. The Morgan fingerprint density at radius 2 is 1.23 bits per heavy atom. The minimum atomic E-state index is -4.08. The van der Waals surface area contributed by atoms with Crippen LogP contribution >= 0.6 is 0 Å². The van der Waals surface area contributed by atoms with Crippen molar-refractivity contribution in [1.82, 2.24) is 4.31 Å². The highest BCUT2D eigenvalue weighted by atomic mass is 32.2. The Labute approximate surface area is 332 Å². The molecule has 0 radical (unpaired) electrons. The summed E-state index contributed by atoms with van der Waals surface area (Å²) < 4.78 is 38.1. The zero-order valence-electron chi connectivity index (χ0n) is 32.0. The van der Waals surface area contributed by atoms with Crippen LogP contribution in [0.15, 0.2) is 142 Å². The molecule has 0 aromatic heterocycles. The number of hydrogen-bond donors (Lipinski definition) is 2. The Morgan fingerprint density at radius 3 is 1.81 bits per heavy atom. The maximum Gasteiger partial charge on any atom is 0.330 e. The number of hydrogen-bond acceptors (Lipinski definition) is 12. The van der Waals surface area contributed by atoms with Gasteiger partial charge in [0.2, 0.25) is 10.0 Å². The summed E-state index contributed by atoms with van der Waals surface area (Å²) in [5.74, 6) is -1.38. The lowest BCUT2D eigenvalue weighted by Crippen LogP contribution is -2.45. The van der Waals surface area contributed by atoms with Gasteiger partial charge in [-0.1, -0.05) is 69.3 Å². The van der Waals surface area contributed by atoms with E-state index in [0.717, 1.165) is 67.9 Å². The lowest BCUT2D eigenvalue weighted by atomic mass is 9.96. The Kier molecular flexibility index (Phi) is 12.9. The van der Waals surface area contributed by atoms with E-state index in [4.69, 9.17) is 19.7 Å². The first-order valence-electron chi connectivity index (χ1n) is 18.7. The van der Waals surface area contributed by atoms with E-state index in [9.17, 15) is 18.0 Å². The number of unbranched alkanes of at least 4 members (excludes halogenated alkanes) is 2. The topological polar surface area (TPSA) is 163 Å². The summed E-state index contributed by atoms with van der Waals surface area (Å²) in [5, 5.41) is 29.5. The molecule has 0 aliphatic carbocycles. The molecule has 0 saturated heterocycles. The Hall–Kier alpha value is -6.25. The van der Waals surface area contributed by atoms with Crippen LogP contribution < -0.4 is 10.6 Å². The molecule has 6 rings (SSSR count). The number of ether oxygens (including phenoxy) is 2. The fraction of sp³-hybridized carbons (Fsp3) is 0.256. The van der Waals surface area contributed by atoms with Gasteiger partial charge < -0.3 is 20.1 Å². The number of esters is 2. The molecule has 14 heteroatoms. The Morgan fingerprint density at radius 1 is 0.702 bits per heavy atom. The van der Waals surface area contributed by atoms with E-state index in [-0.39, 0.29) is 36.9 Å². The Balaban J connectivity index is 1.19. The third-order valence-electron chi connectivity index (χ3n) is 9.51. The maximum absolute atomic E-state index is 13.5. The maximum atomic E-state index is 13.5. The van der Waals surface area contributed by atoms with Crippen LogP contribution in [0.25, 0.3) is 21.5 Å². The van der Waals surface area contributed by atoms with Crippen molar-refractivity contribution in [3.8, 4) is 0 Å². The lowest BCUT2D eigenvalue weighted by molar-refractivity contribution is -0.137. The second-order valence-electron chi connectivity index (χ2n) is 13.6. The summed E-state index contributed by atoms with van der Waals surface area (Å²) in [4.78, 5) is 23.0. The minimum absolute atomic E-state index is 0.0315. The number of anilines is 2. The molecule has 0 amide bonds. The van der Waals surface area contributed by atoms with Gasteiger partial charge in [0.15, 0.2) is 0 Å². The number of fused-ring (bicyclic) bond motifs is 1. The van der Waals surface area contributed by atoms with Crippen LogP contribution in [0.1, 0.15) is 39.5 Å². The fourth-order valence-electron chi connectivity index (χ4n) is 6.63. The first-order valence-corrected chi connectivity index (χ1v) is 20.1. The van der Waals surface area contributed by atoms with E-state index >= 15 is 0 Å². The average Bonchev–Trinajstić information content (AvgIpc) is 3.22. The van der Waals surface area contributed by atoms with Crippen molar-refractivity contribution in [2.45, 2.75) is 50.1 Å². The molecule has 2 N–H and O–H groups in total. The molecule has 1 aliphatic heterocycles. The second kappa shape index (κ2) is 18.1. The van der Waals surface area contributed by atoms with Crippen molar-refractivity contribution in [3.63, 3.8) is 0 Å². The third kappa shape index (κ3) is 9.59. The number of carbonyl (C=O) groups is 2. The van der Waals surface area contributed by atoms with Crippen LogP contribution in [-0.4, -0.2) is 56.6 Å². The number of nitrogens with one attached hydrogen (secondary N) is 2. The van der Waals surface area contributed by atoms with E-state index in [1.54, 1.807) is 0 Å². The Bertz CT molecular complexity index is 2430. The first kappa shape index (κ1) is 40.4. The molecular weight excluding hydrogens is 743 g/mol. The molecule has 5 aromatic rings. The van der Waals surface area contributed by atoms with Crippen molar-refractivity contribution >= 4 is 77.6 Å². The predicted octanol–water partition coefficient (Wildman–Crippen LogP) is 10.4. The van der Waals surface area contributed by atoms with Gasteiger partial charge >= 0.3 is 11.9 Å². The molecular formula is C43H45N7O6S. The van der Waals surface area contributed by atoms with Crippen molar-refractivity contribution in [3.05, 3.63) is 116 Å². The number of sulfonamides is 1. The van der Waals surface area contributed by atoms with Crippen LogP contribution in [0.3, 0.4) is 0 Å². The van der Waals surface area contributed by atoms with Gasteiger partial charge in [-0.3, -0.25) is 0 Å². The lowest BCUT2D eigenvalue weighted by Gasteiger charge is -2.39. The average molecular weight is 788 g/mol. The number of benzene rings is 5. The van der Waals surface area contributed by atoms with E-state index in [1.165, 1.54) is 37.1 Å². The first-order chi connectivity index (χ1) is 27.5. The summed E-state index contributed by atoms with van der Waals surface area (Å²) >= 11 is 0. The van der Waals surface area contributed by atoms with Crippen molar-refractivity contribution in [1.29, 1.82) is 0 Å². The van der Waals surface area contributed by atoms with Gasteiger partial charge in [-0.25, -0.2) is 18.0 Å². The SMILES string of the molecule is C=CC(=O)OCCN(CCOC(=O)C=C)S(=O)(=O)c1ccc(/N=N/c2ccc(/N=N/c3ccc4c5c(cccc35)NC(C)(CCCCC)N4)c3ccccc23)cc1. The molecule has 13 nitrogen and oxygen atoms in total. The van der Waals surface area contributed by atoms with Crippen LogP contribution in [0.2, 0.25) is 0 Å². The minimum Gasteiger partial charge on any atom is -0.461 e. The van der Waals surface area contributed by atoms with Gasteiger partial charge in [-0.05, 0) is 74.4 Å². The fourth-order valence-corrected chi connectivity index (χ4v) is 8.04. The highest BCUT2D eigenvalue weighted by Crippen LogP contribution is 2.43. The normalized spacial score (nSPS) is 15.1. The number of nitrogens with zero attached hydrogens (tertiary/aromatic N) is 5. The summed E-state index contributed by atoms with van der Waals surface area (Å²) in [5.41, 5.74) is 4.34. The van der Waals surface area contributed by atoms with Crippen LogP contribution in [0, 0.1) is 0 Å². The molecule has 0 bridgehead atoms. The molecule has 0 fully saturated rings. The monoisotopic (exact) mass is 787 g/mol. The van der Waals surface area contributed by atoms with Crippen molar-refractivity contribution in [2.75, 3.05) is 36.9 Å². The molecule has 1 unspecified atom stereocenters. The van der Waals surface area contributed by atoms with Gasteiger partial charge in [-0.2, -0.15) is 9.42 Å². The molecule has 57 heavy (non-hydrogen) atoms. The highest BCUT2D eigenvalue weighted by Gasteiger charge is 2.30. The van der Waals surface area contributed by atoms with E-state index < -0.39 is 22.0 Å². The molecule has 5 aromatic carbocycles. The van der Waals surface area contributed by atoms with Gasteiger partial charge in [0, 0.05) is 58.2 Å². The van der Waals surface area contributed by atoms with Gasteiger partial charge in [-0.15, -0.1) is 15.3 Å². The molecule has 1 atom stereocenters. The standard InChI is InChI=1S/C43H45N7O6S/c1-5-8-11-25-43(4)44-38-16-12-15-34-37(23-24-39(45-43)42(34)38)49-48-36-22-21-35(32-13-9-10-14-33(32)36)47-46-30-17-19-31(20-18-30)57(53,54)50(26-28-55-40(51)6-2)27-29-56-41(52)7-3/h6-7,9-10,12-24,44-45H,2-3,5,8,11,25-29H2,1,4H3/b47-46+,49-48+. The predicted molar refractivity (Wildman–Crippen MR) is 224 cm³/mol. The highest BCUT2D eigenvalue weighted by molar-refractivity contribution is 7.89. The van der Waals surface area contributed by atoms with Crippen molar-refractivity contribution < 1.29 is 27.5 Å². The largest absolute Gasteiger partial charge is 0.461 e. The summed E-state index contributed by atoms with van der Waals surface area (Å²) in [7, 11) is -4.08. The molecule has 0 saturated carbocycles. The van der Waals surface area contributed by atoms with Crippen LogP contribution in [0.5, 0.6) is 0 Å². The van der Waals surface area contributed by atoms with Gasteiger partial charge in [0.05, 0.1) is 27.6 Å². The quantitative estimate of drug-likeness (QED) is 0.0383. The van der Waals surface area contributed by atoms with Crippen molar-refractivity contribution in [2.24, 2.45) is 20.5 Å². The van der Waals surface area contributed by atoms with E-state index in [0.29, 0.717) is 17.1 Å². The number of rotatable bonds is 18. The zero-order valence-corrected chi connectivity index (χ0v) is 32.8. The molecule has 1 aliphatic rings. The third-order valence-corrected chi connectivity index (χ3v) is 11.4. The molecule has 294 valence electrons. The number of carbonyl (C=O) groups excluding carboxylic acids is 2. The summed E-state index contributed by atoms with van der Waals surface area (Å²) in [6.45, 7) is 10.3. The van der Waals surface area contributed by atoms with E-state index in [2.05, 4.69) is 66.1 Å². The zero-order chi connectivity index (χ0) is 40.4. The van der Waals surface area contributed by atoms with Gasteiger partial charge in [0.25, 0.3) is 0 Å². The second-order valence-corrected chi connectivity index (χ2v) is 15.5.